The molecule has 3 nitrogen and oxygen atoms in total. The van der Waals surface area contributed by atoms with E-state index in [1.807, 2.05) is 20.8 Å². The molecule has 1 atom stereocenters. The van der Waals surface area contributed by atoms with Crippen molar-refractivity contribution in [2.75, 3.05) is 19.8 Å². The molecule has 1 fully saturated rings. The van der Waals surface area contributed by atoms with Crippen LogP contribution < -0.4 is 0 Å². The summed E-state index contributed by atoms with van der Waals surface area (Å²) in [6.45, 7) is 8.09. The minimum Gasteiger partial charge on any atom is -0.380 e. The molecule has 1 aliphatic heterocycles. The zero-order valence-electron chi connectivity index (χ0n) is 10.0. The van der Waals surface area contributed by atoms with Crippen molar-refractivity contribution in [3.8, 4) is 6.07 Å². The van der Waals surface area contributed by atoms with Crippen molar-refractivity contribution in [2.45, 2.75) is 45.6 Å². The second-order valence-corrected chi connectivity index (χ2v) is 5.26. The summed E-state index contributed by atoms with van der Waals surface area (Å²) in [6, 6.07) is 2.40. The van der Waals surface area contributed by atoms with E-state index in [4.69, 9.17) is 9.47 Å². The van der Waals surface area contributed by atoms with Crippen molar-refractivity contribution in [3.05, 3.63) is 0 Å². The van der Waals surface area contributed by atoms with Crippen LogP contribution in [-0.2, 0) is 9.47 Å². The maximum absolute atomic E-state index is 9.19. The van der Waals surface area contributed by atoms with Crippen LogP contribution >= 0.6 is 0 Å². The second-order valence-electron chi connectivity index (χ2n) is 5.26. The highest BCUT2D eigenvalue weighted by Gasteiger charge is 2.33. The van der Waals surface area contributed by atoms with Crippen LogP contribution in [0.5, 0.6) is 0 Å². The summed E-state index contributed by atoms with van der Waals surface area (Å²) in [5.74, 6) is 0. The number of hydrogen-bond acceptors (Lipinski definition) is 3. The lowest BCUT2D eigenvalue weighted by Crippen LogP contribution is -2.33. The maximum Gasteiger partial charge on any atom is 0.0829 e. The van der Waals surface area contributed by atoms with Crippen molar-refractivity contribution in [2.24, 2.45) is 5.41 Å². The third-order valence-electron chi connectivity index (χ3n) is 2.68. The van der Waals surface area contributed by atoms with E-state index in [9.17, 15) is 5.26 Å². The molecule has 15 heavy (non-hydrogen) atoms. The van der Waals surface area contributed by atoms with Gasteiger partial charge in [0.15, 0.2) is 0 Å². The first-order valence-electron chi connectivity index (χ1n) is 5.60. The number of nitriles is 1. The standard InChI is InChI=1S/C12H21NO2/c1-11(2,3)15-8-6-12(9-13)5-4-7-14-10-12/h4-8,10H2,1-3H3. The van der Waals surface area contributed by atoms with E-state index in [1.165, 1.54) is 0 Å². The third kappa shape index (κ3) is 4.19. The summed E-state index contributed by atoms with van der Waals surface area (Å²) in [4.78, 5) is 0. The fourth-order valence-electron chi connectivity index (χ4n) is 1.75. The highest BCUT2D eigenvalue weighted by atomic mass is 16.5. The molecule has 1 unspecified atom stereocenters. The van der Waals surface area contributed by atoms with E-state index >= 15 is 0 Å². The molecule has 0 saturated carbocycles. The predicted molar refractivity (Wildman–Crippen MR) is 58.4 cm³/mol. The van der Waals surface area contributed by atoms with Crippen molar-refractivity contribution in [3.63, 3.8) is 0 Å². The van der Waals surface area contributed by atoms with Crippen molar-refractivity contribution in [1.29, 1.82) is 5.26 Å². The number of ether oxygens (including phenoxy) is 2. The minimum absolute atomic E-state index is 0.119. The van der Waals surface area contributed by atoms with Gasteiger partial charge >= 0.3 is 0 Å². The Labute approximate surface area is 92.4 Å². The Morgan fingerprint density at radius 3 is 2.67 bits per heavy atom. The zero-order chi connectivity index (χ0) is 11.4. The van der Waals surface area contributed by atoms with Crippen LogP contribution in [0.4, 0.5) is 0 Å². The Balaban J connectivity index is 2.37. The smallest absolute Gasteiger partial charge is 0.0829 e. The summed E-state index contributed by atoms with van der Waals surface area (Å²) < 4.78 is 11.0. The topological polar surface area (TPSA) is 42.2 Å². The molecule has 1 aliphatic rings. The average molecular weight is 211 g/mol. The van der Waals surface area contributed by atoms with Gasteiger partial charge in [0.2, 0.25) is 0 Å². The van der Waals surface area contributed by atoms with Gasteiger partial charge in [-0.05, 0) is 40.0 Å². The molecule has 0 aromatic carbocycles. The molecule has 1 heterocycles. The third-order valence-corrected chi connectivity index (χ3v) is 2.68. The molecule has 3 heteroatoms. The molecule has 1 saturated heterocycles. The lowest BCUT2D eigenvalue weighted by atomic mass is 9.81. The van der Waals surface area contributed by atoms with Crippen LogP contribution in [0.25, 0.3) is 0 Å². The normalized spacial score (nSPS) is 27.3. The number of hydrogen-bond donors (Lipinski definition) is 0. The second kappa shape index (κ2) is 4.96. The molecule has 0 bridgehead atoms. The summed E-state index contributed by atoms with van der Waals surface area (Å²) >= 11 is 0. The van der Waals surface area contributed by atoms with E-state index in [0.717, 1.165) is 25.9 Å². The number of nitrogens with zero attached hydrogens (tertiary/aromatic N) is 1. The first-order valence-corrected chi connectivity index (χ1v) is 5.60. The van der Waals surface area contributed by atoms with Gasteiger partial charge in [0, 0.05) is 13.2 Å². The molecule has 0 N–H and O–H groups in total. The van der Waals surface area contributed by atoms with Gasteiger partial charge in [0.25, 0.3) is 0 Å². The Morgan fingerprint density at radius 1 is 1.47 bits per heavy atom. The highest BCUT2D eigenvalue weighted by molar-refractivity contribution is 5.00. The summed E-state index contributed by atoms with van der Waals surface area (Å²) in [5, 5.41) is 9.19. The SMILES string of the molecule is CC(C)(C)OCCC1(C#N)CCCOC1. The van der Waals surface area contributed by atoms with Gasteiger partial charge in [-0.15, -0.1) is 0 Å². The molecule has 0 amide bonds. The van der Waals surface area contributed by atoms with Crippen LogP contribution in [0.3, 0.4) is 0 Å². The average Bonchev–Trinajstić information content (AvgIpc) is 2.17. The Morgan fingerprint density at radius 2 is 2.20 bits per heavy atom. The lowest BCUT2D eigenvalue weighted by Gasteiger charge is -2.31. The quantitative estimate of drug-likeness (QED) is 0.720. The van der Waals surface area contributed by atoms with Gasteiger partial charge in [-0.1, -0.05) is 0 Å². The first-order chi connectivity index (χ1) is 6.97. The molecule has 0 aliphatic carbocycles. The van der Waals surface area contributed by atoms with Gasteiger partial charge in [-0.25, -0.2) is 0 Å². The summed E-state index contributed by atoms with van der Waals surface area (Å²) in [7, 11) is 0. The van der Waals surface area contributed by atoms with Gasteiger partial charge in [-0.3, -0.25) is 0 Å². The van der Waals surface area contributed by atoms with Crippen molar-refractivity contribution >= 4 is 0 Å². The minimum atomic E-state index is -0.302. The van der Waals surface area contributed by atoms with Gasteiger partial charge in [0.1, 0.15) is 0 Å². The van der Waals surface area contributed by atoms with Crippen molar-refractivity contribution < 1.29 is 9.47 Å². The fourth-order valence-corrected chi connectivity index (χ4v) is 1.75. The van der Waals surface area contributed by atoms with E-state index in [1.54, 1.807) is 0 Å². The summed E-state index contributed by atoms with van der Waals surface area (Å²) in [6.07, 6.45) is 2.71. The maximum atomic E-state index is 9.19. The molecular formula is C12H21NO2. The molecule has 0 radical (unpaired) electrons. The van der Waals surface area contributed by atoms with E-state index in [0.29, 0.717) is 13.2 Å². The van der Waals surface area contributed by atoms with Gasteiger partial charge < -0.3 is 9.47 Å². The van der Waals surface area contributed by atoms with E-state index < -0.39 is 0 Å². The number of rotatable bonds is 3. The van der Waals surface area contributed by atoms with Gasteiger partial charge in [0.05, 0.1) is 23.7 Å². The molecule has 0 spiro atoms. The molecule has 0 aromatic rings. The molecule has 86 valence electrons. The highest BCUT2D eigenvalue weighted by Crippen LogP contribution is 2.31. The Bertz CT molecular complexity index is 231. The lowest BCUT2D eigenvalue weighted by molar-refractivity contribution is -0.0382. The van der Waals surface area contributed by atoms with Crippen LogP contribution in [0.2, 0.25) is 0 Å². The Kier molecular flexibility index (Phi) is 4.12. The van der Waals surface area contributed by atoms with E-state index in [2.05, 4.69) is 6.07 Å². The molecule has 1 rings (SSSR count). The molecule has 0 aromatic heterocycles. The molecular weight excluding hydrogens is 190 g/mol. The Hall–Kier alpha value is -0.590. The van der Waals surface area contributed by atoms with E-state index in [-0.39, 0.29) is 11.0 Å². The zero-order valence-corrected chi connectivity index (χ0v) is 10.0. The fraction of sp³-hybridized carbons (Fsp3) is 0.917. The predicted octanol–water partition coefficient (Wildman–Crippen LogP) is 2.51. The van der Waals surface area contributed by atoms with Crippen LogP contribution in [0.1, 0.15) is 40.0 Å². The van der Waals surface area contributed by atoms with Crippen LogP contribution in [-0.4, -0.2) is 25.4 Å². The largest absolute Gasteiger partial charge is 0.380 e. The summed E-state index contributed by atoms with van der Waals surface area (Å²) in [5.41, 5.74) is -0.421. The van der Waals surface area contributed by atoms with Crippen LogP contribution in [0, 0.1) is 16.7 Å². The monoisotopic (exact) mass is 211 g/mol. The van der Waals surface area contributed by atoms with Crippen molar-refractivity contribution in [1.82, 2.24) is 0 Å². The van der Waals surface area contributed by atoms with Crippen LogP contribution in [0.15, 0.2) is 0 Å². The van der Waals surface area contributed by atoms with Gasteiger partial charge in [-0.2, -0.15) is 5.26 Å². The first kappa shape index (κ1) is 12.5.